The molecule has 0 aromatic carbocycles. The summed E-state index contributed by atoms with van der Waals surface area (Å²) in [6, 6.07) is 5.58. The zero-order valence-corrected chi connectivity index (χ0v) is 9.82. The molecular weight excluding hydrogens is 232 g/mol. The summed E-state index contributed by atoms with van der Waals surface area (Å²) in [5.74, 6) is 1.17. The summed E-state index contributed by atoms with van der Waals surface area (Å²) in [4.78, 5) is 0. The quantitative estimate of drug-likeness (QED) is 0.739. The summed E-state index contributed by atoms with van der Waals surface area (Å²) in [5, 5.41) is 12.1. The predicted octanol–water partition coefficient (Wildman–Crippen LogP) is 0.902. The lowest BCUT2D eigenvalue weighted by atomic mass is 10.3. The van der Waals surface area contributed by atoms with Gasteiger partial charge in [-0.1, -0.05) is 5.21 Å². The standard InChI is InChI=1S/C11H12N6O/c1-16-9(4-5-13-16)10-11(12)14-15-17(10)7-8-3-2-6-18-8/h2-6H,7,12H2,1H3. The van der Waals surface area contributed by atoms with Crippen LogP contribution in [-0.4, -0.2) is 24.8 Å². The van der Waals surface area contributed by atoms with Crippen LogP contribution < -0.4 is 5.73 Å². The van der Waals surface area contributed by atoms with Crippen molar-refractivity contribution >= 4 is 5.82 Å². The van der Waals surface area contributed by atoms with E-state index in [2.05, 4.69) is 15.4 Å². The molecule has 0 aliphatic rings. The summed E-state index contributed by atoms with van der Waals surface area (Å²) in [7, 11) is 1.85. The lowest BCUT2D eigenvalue weighted by molar-refractivity contribution is 0.476. The molecule has 92 valence electrons. The van der Waals surface area contributed by atoms with Crippen molar-refractivity contribution in [2.24, 2.45) is 7.05 Å². The fraction of sp³-hybridized carbons (Fsp3) is 0.182. The van der Waals surface area contributed by atoms with Gasteiger partial charge in [0.2, 0.25) is 0 Å². The predicted molar refractivity (Wildman–Crippen MR) is 64.4 cm³/mol. The van der Waals surface area contributed by atoms with Crippen molar-refractivity contribution in [2.75, 3.05) is 5.73 Å². The van der Waals surface area contributed by atoms with Crippen molar-refractivity contribution in [1.82, 2.24) is 24.8 Å². The molecule has 0 amide bonds. The zero-order chi connectivity index (χ0) is 12.5. The van der Waals surface area contributed by atoms with E-state index in [4.69, 9.17) is 10.2 Å². The van der Waals surface area contributed by atoms with Crippen LogP contribution in [0.1, 0.15) is 5.76 Å². The van der Waals surface area contributed by atoms with Gasteiger partial charge in [-0.05, 0) is 18.2 Å². The van der Waals surface area contributed by atoms with E-state index in [9.17, 15) is 0 Å². The Morgan fingerprint density at radius 2 is 2.28 bits per heavy atom. The van der Waals surface area contributed by atoms with Crippen LogP contribution in [0.3, 0.4) is 0 Å². The summed E-state index contributed by atoms with van der Waals surface area (Å²) in [5.41, 5.74) is 7.47. The van der Waals surface area contributed by atoms with E-state index in [-0.39, 0.29) is 0 Å². The molecule has 0 saturated heterocycles. The van der Waals surface area contributed by atoms with E-state index in [0.29, 0.717) is 12.4 Å². The van der Waals surface area contributed by atoms with Gasteiger partial charge in [0.1, 0.15) is 18.0 Å². The zero-order valence-electron chi connectivity index (χ0n) is 9.82. The number of furan rings is 1. The first kappa shape index (κ1) is 10.6. The number of nitrogen functional groups attached to an aromatic ring is 1. The lowest BCUT2D eigenvalue weighted by Gasteiger charge is -2.05. The Labute approximate surface area is 103 Å². The smallest absolute Gasteiger partial charge is 0.175 e. The Morgan fingerprint density at radius 1 is 1.39 bits per heavy atom. The third-order valence-corrected chi connectivity index (χ3v) is 2.71. The molecule has 0 fully saturated rings. The van der Waals surface area contributed by atoms with Crippen molar-refractivity contribution in [2.45, 2.75) is 6.54 Å². The maximum atomic E-state index is 5.86. The second kappa shape index (κ2) is 4.02. The maximum Gasteiger partial charge on any atom is 0.175 e. The summed E-state index contributed by atoms with van der Waals surface area (Å²) < 4.78 is 8.73. The summed E-state index contributed by atoms with van der Waals surface area (Å²) in [6.07, 6.45) is 3.33. The molecule has 0 saturated carbocycles. The number of nitrogens with two attached hydrogens (primary N) is 1. The molecule has 3 rings (SSSR count). The van der Waals surface area contributed by atoms with Crippen LogP contribution in [0.25, 0.3) is 11.4 Å². The second-order valence-corrected chi connectivity index (χ2v) is 3.90. The monoisotopic (exact) mass is 244 g/mol. The molecule has 0 spiro atoms. The van der Waals surface area contributed by atoms with Crippen LogP contribution in [0.15, 0.2) is 35.1 Å². The van der Waals surface area contributed by atoms with Crippen molar-refractivity contribution in [3.05, 3.63) is 36.4 Å². The molecule has 0 radical (unpaired) electrons. The summed E-state index contributed by atoms with van der Waals surface area (Å²) >= 11 is 0. The highest BCUT2D eigenvalue weighted by Crippen LogP contribution is 2.23. The fourth-order valence-corrected chi connectivity index (χ4v) is 1.86. The Kier molecular flexibility index (Phi) is 2.36. The molecule has 18 heavy (non-hydrogen) atoms. The highest BCUT2D eigenvalue weighted by molar-refractivity contribution is 5.66. The third kappa shape index (κ3) is 1.65. The average Bonchev–Trinajstić information content (AvgIpc) is 3.04. The van der Waals surface area contributed by atoms with Gasteiger partial charge in [-0.25, -0.2) is 4.68 Å². The lowest BCUT2D eigenvalue weighted by Crippen LogP contribution is -2.06. The molecule has 0 aliphatic carbocycles. The van der Waals surface area contributed by atoms with Gasteiger partial charge in [-0.2, -0.15) is 5.10 Å². The number of rotatable bonds is 3. The van der Waals surface area contributed by atoms with E-state index in [1.807, 2.05) is 25.2 Å². The topological polar surface area (TPSA) is 87.7 Å². The third-order valence-electron chi connectivity index (χ3n) is 2.71. The first-order chi connectivity index (χ1) is 8.75. The van der Waals surface area contributed by atoms with Gasteiger partial charge in [0.15, 0.2) is 5.82 Å². The van der Waals surface area contributed by atoms with Crippen LogP contribution in [0.4, 0.5) is 5.82 Å². The van der Waals surface area contributed by atoms with Crippen molar-refractivity contribution < 1.29 is 4.42 Å². The van der Waals surface area contributed by atoms with Crippen LogP contribution in [0, 0.1) is 0 Å². The number of anilines is 1. The highest BCUT2D eigenvalue weighted by Gasteiger charge is 2.16. The van der Waals surface area contributed by atoms with E-state index in [1.54, 1.807) is 21.8 Å². The minimum atomic E-state index is 0.380. The largest absolute Gasteiger partial charge is 0.467 e. The van der Waals surface area contributed by atoms with Crippen LogP contribution >= 0.6 is 0 Å². The van der Waals surface area contributed by atoms with Crippen LogP contribution in [0.2, 0.25) is 0 Å². The molecule has 7 nitrogen and oxygen atoms in total. The van der Waals surface area contributed by atoms with E-state index in [0.717, 1.165) is 17.1 Å². The van der Waals surface area contributed by atoms with Gasteiger partial charge >= 0.3 is 0 Å². The first-order valence-corrected chi connectivity index (χ1v) is 5.45. The molecule has 3 heterocycles. The van der Waals surface area contributed by atoms with Gasteiger partial charge < -0.3 is 10.2 Å². The highest BCUT2D eigenvalue weighted by atomic mass is 16.3. The molecule has 0 bridgehead atoms. The van der Waals surface area contributed by atoms with E-state index < -0.39 is 0 Å². The molecule has 0 atom stereocenters. The van der Waals surface area contributed by atoms with Crippen LogP contribution in [-0.2, 0) is 13.6 Å². The van der Waals surface area contributed by atoms with E-state index >= 15 is 0 Å². The van der Waals surface area contributed by atoms with Gasteiger partial charge in [0.05, 0.1) is 12.0 Å². The molecule has 2 N–H and O–H groups in total. The van der Waals surface area contributed by atoms with Gasteiger partial charge in [-0.15, -0.1) is 5.10 Å². The number of hydrogen-bond donors (Lipinski definition) is 1. The second-order valence-electron chi connectivity index (χ2n) is 3.90. The van der Waals surface area contributed by atoms with Crippen molar-refractivity contribution in [3.8, 4) is 11.4 Å². The van der Waals surface area contributed by atoms with Gasteiger partial charge in [0.25, 0.3) is 0 Å². The number of aryl methyl sites for hydroxylation is 1. The minimum absolute atomic E-state index is 0.380. The molecule has 3 aromatic rings. The number of aromatic nitrogens is 5. The Bertz CT molecular complexity index is 651. The first-order valence-electron chi connectivity index (χ1n) is 5.45. The number of nitrogens with zero attached hydrogens (tertiary/aromatic N) is 5. The van der Waals surface area contributed by atoms with Crippen molar-refractivity contribution in [3.63, 3.8) is 0 Å². The Hall–Kier alpha value is -2.57. The molecular formula is C11H12N6O. The number of hydrogen-bond acceptors (Lipinski definition) is 5. The van der Waals surface area contributed by atoms with E-state index in [1.165, 1.54) is 0 Å². The minimum Gasteiger partial charge on any atom is -0.467 e. The molecule has 0 unspecified atom stereocenters. The van der Waals surface area contributed by atoms with Gasteiger partial charge in [0, 0.05) is 13.2 Å². The van der Waals surface area contributed by atoms with Gasteiger partial charge in [-0.3, -0.25) is 4.68 Å². The average molecular weight is 244 g/mol. The van der Waals surface area contributed by atoms with Crippen molar-refractivity contribution in [1.29, 1.82) is 0 Å². The fourth-order valence-electron chi connectivity index (χ4n) is 1.86. The SMILES string of the molecule is Cn1nccc1-c1c(N)nnn1Cc1ccco1. The normalized spacial score (nSPS) is 10.9. The summed E-state index contributed by atoms with van der Waals surface area (Å²) in [6.45, 7) is 0.484. The molecule has 3 aromatic heterocycles. The van der Waals surface area contributed by atoms with Crippen LogP contribution in [0.5, 0.6) is 0 Å². The molecule has 7 heteroatoms. The Balaban J connectivity index is 2.04. The maximum absolute atomic E-state index is 5.86. The Morgan fingerprint density at radius 3 is 2.94 bits per heavy atom. The molecule has 0 aliphatic heterocycles.